The number of hydrogen-bond donors (Lipinski definition) is 1. The number of fused-ring (bicyclic) bond motifs is 1. The molecule has 2 aliphatic carbocycles. The predicted molar refractivity (Wildman–Crippen MR) is 74.7 cm³/mol. The van der Waals surface area contributed by atoms with Crippen LogP contribution >= 0.6 is 0 Å². The zero-order valence-electron chi connectivity index (χ0n) is 11.5. The predicted octanol–water partition coefficient (Wildman–Crippen LogP) is 3.14. The minimum atomic E-state index is 0.711. The maximum atomic E-state index is 4.71. The number of nitrogens with one attached hydrogen (secondary N) is 1. The van der Waals surface area contributed by atoms with Crippen molar-refractivity contribution < 1.29 is 0 Å². The highest BCUT2D eigenvalue weighted by Crippen LogP contribution is 2.45. The van der Waals surface area contributed by atoms with Gasteiger partial charge in [0.1, 0.15) is 0 Å². The van der Waals surface area contributed by atoms with Crippen LogP contribution in [0.1, 0.15) is 49.8 Å². The normalized spacial score (nSPS) is 35.4. The van der Waals surface area contributed by atoms with E-state index >= 15 is 0 Å². The summed E-state index contributed by atoms with van der Waals surface area (Å²) in [5.41, 5.74) is 2.92. The van der Waals surface area contributed by atoms with Crippen molar-refractivity contribution in [1.82, 2.24) is 10.3 Å². The Balaban J connectivity index is 1.86. The number of aromatic nitrogens is 1. The third-order valence-electron chi connectivity index (χ3n) is 5.25. The van der Waals surface area contributed by atoms with Gasteiger partial charge in [0.05, 0.1) is 0 Å². The van der Waals surface area contributed by atoms with Gasteiger partial charge in [0, 0.05) is 23.9 Å². The molecule has 1 N–H and O–H groups in total. The molecule has 1 saturated carbocycles. The molecule has 4 unspecified atom stereocenters. The fraction of sp³-hybridized carbons (Fsp3) is 0.688. The van der Waals surface area contributed by atoms with Crippen LogP contribution in [0, 0.1) is 11.8 Å². The maximum absolute atomic E-state index is 4.71. The number of aryl methyl sites for hydroxylation is 1. The van der Waals surface area contributed by atoms with E-state index in [9.17, 15) is 0 Å². The summed E-state index contributed by atoms with van der Waals surface area (Å²) < 4.78 is 0. The quantitative estimate of drug-likeness (QED) is 0.864. The summed E-state index contributed by atoms with van der Waals surface area (Å²) in [4.78, 5) is 4.71. The summed E-state index contributed by atoms with van der Waals surface area (Å²) in [5, 5.41) is 3.49. The summed E-state index contributed by atoms with van der Waals surface area (Å²) >= 11 is 0. The molecule has 0 spiro atoms. The first kappa shape index (κ1) is 12.2. The van der Waals surface area contributed by atoms with Crippen molar-refractivity contribution in [2.45, 2.75) is 51.0 Å². The van der Waals surface area contributed by atoms with Crippen molar-refractivity contribution in [1.29, 1.82) is 0 Å². The summed E-state index contributed by atoms with van der Waals surface area (Å²) in [6, 6.07) is 5.09. The van der Waals surface area contributed by atoms with Gasteiger partial charge in [-0.15, -0.1) is 0 Å². The van der Waals surface area contributed by atoms with Crippen LogP contribution in [0.15, 0.2) is 18.3 Å². The fourth-order valence-electron chi connectivity index (χ4n) is 4.23. The standard InChI is InChI=1S/C16H24N2/c1-11-13(8-9-15(11)17-2)14-7-3-5-12-6-4-10-18-16(12)14/h4,6,10-11,13-15,17H,3,5,7-9H2,1-2H3. The minimum Gasteiger partial charge on any atom is -0.317 e. The molecule has 1 aromatic heterocycles. The van der Waals surface area contributed by atoms with Crippen molar-refractivity contribution in [3.63, 3.8) is 0 Å². The molecule has 0 bridgehead atoms. The highest BCUT2D eigenvalue weighted by Gasteiger charge is 2.39. The first-order valence-electron chi connectivity index (χ1n) is 7.42. The molecular formula is C16H24N2. The molecule has 0 radical (unpaired) electrons. The van der Waals surface area contributed by atoms with Gasteiger partial charge in [0.15, 0.2) is 0 Å². The second kappa shape index (κ2) is 5.00. The van der Waals surface area contributed by atoms with Gasteiger partial charge in [-0.1, -0.05) is 13.0 Å². The highest BCUT2D eigenvalue weighted by atomic mass is 14.9. The Labute approximate surface area is 110 Å². The summed E-state index contributed by atoms with van der Waals surface area (Å²) in [5.74, 6) is 2.33. The Hall–Kier alpha value is -0.890. The molecule has 4 atom stereocenters. The summed E-state index contributed by atoms with van der Waals surface area (Å²) in [6.45, 7) is 2.43. The van der Waals surface area contributed by atoms with Crippen LogP contribution in [0.25, 0.3) is 0 Å². The van der Waals surface area contributed by atoms with E-state index in [1.807, 2.05) is 6.20 Å². The van der Waals surface area contributed by atoms with E-state index in [4.69, 9.17) is 4.98 Å². The third kappa shape index (κ3) is 1.97. The second-order valence-electron chi connectivity index (χ2n) is 6.04. The van der Waals surface area contributed by atoms with Crippen molar-refractivity contribution in [2.75, 3.05) is 7.05 Å². The average Bonchev–Trinajstić information content (AvgIpc) is 2.79. The highest BCUT2D eigenvalue weighted by molar-refractivity contribution is 5.27. The van der Waals surface area contributed by atoms with E-state index in [1.165, 1.54) is 43.4 Å². The monoisotopic (exact) mass is 244 g/mol. The molecule has 0 aromatic carbocycles. The van der Waals surface area contributed by atoms with Gasteiger partial charge in [-0.25, -0.2) is 0 Å². The van der Waals surface area contributed by atoms with Gasteiger partial charge < -0.3 is 5.32 Å². The van der Waals surface area contributed by atoms with Crippen LogP contribution in [-0.4, -0.2) is 18.1 Å². The average molecular weight is 244 g/mol. The minimum absolute atomic E-state index is 0.711. The largest absolute Gasteiger partial charge is 0.317 e. The van der Waals surface area contributed by atoms with Crippen molar-refractivity contribution in [3.05, 3.63) is 29.6 Å². The molecule has 98 valence electrons. The molecule has 3 rings (SSSR count). The zero-order chi connectivity index (χ0) is 12.5. The Kier molecular flexibility index (Phi) is 3.38. The molecule has 1 fully saturated rings. The topological polar surface area (TPSA) is 24.9 Å². The van der Waals surface area contributed by atoms with Crippen molar-refractivity contribution in [3.8, 4) is 0 Å². The molecule has 0 saturated heterocycles. The van der Waals surface area contributed by atoms with Crippen LogP contribution in [0.3, 0.4) is 0 Å². The van der Waals surface area contributed by atoms with E-state index in [1.54, 1.807) is 0 Å². The fourth-order valence-corrected chi connectivity index (χ4v) is 4.23. The first-order valence-corrected chi connectivity index (χ1v) is 7.42. The van der Waals surface area contributed by atoms with E-state index < -0.39 is 0 Å². The molecule has 2 nitrogen and oxygen atoms in total. The summed E-state index contributed by atoms with van der Waals surface area (Å²) in [7, 11) is 2.11. The van der Waals surface area contributed by atoms with Crippen LogP contribution in [0.5, 0.6) is 0 Å². The molecule has 2 aliphatic rings. The number of hydrogen-bond acceptors (Lipinski definition) is 2. The van der Waals surface area contributed by atoms with Crippen molar-refractivity contribution >= 4 is 0 Å². The molecule has 1 aromatic rings. The lowest BCUT2D eigenvalue weighted by atomic mass is 9.74. The third-order valence-corrected chi connectivity index (χ3v) is 5.25. The lowest BCUT2D eigenvalue weighted by molar-refractivity contribution is 0.288. The van der Waals surface area contributed by atoms with Crippen LogP contribution in [0.4, 0.5) is 0 Å². The van der Waals surface area contributed by atoms with Gasteiger partial charge in [-0.3, -0.25) is 4.98 Å². The van der Waals surface area contributed by atoms with Crippen LogP contribution in [-0.2, 0) is 6.42 Å². The second-order valence-corrected chi connectivity index (χ2v) is 6.04. The number of nitrogens with zero attached hydrogens (tertiary/aromatic N) is 1. The van der Waals surface area contributed by atoms with Gasteiger partial charge in [0.25, 0.3) is 0 Å². The van der Waals surface area contributed by atoms with Crippen LogP contribution < -0.4 is 5.32 Å². The van der Waals surface area contributed by atoms with Gasteiger partial charge in [-0.2, -0.15) is 0 Å². The number of rotatable bonds is 2. The lowest BCUT2D eigenvalue weighted by Gasteiger charge is -2.32. The van der Waals surface area contributed by atoms with Gasteiger partial charge >= 0.3 is 0 Å². The molecule has 2 heteroatoms. The van der Waals surface area contributed by atoms with Crippen LogP contribution in [0.2, 0.25) is 0 Å². The summed E-state index contributed by atoms with van der Waals surface area (Å²) in [6.07, 6.45) is 8.60. The van der Waals surface area contributed by atoms with Crippen molar-refractivity contribution in [2.24, 2.45) is 11.8 Å². The Morgan fingerprint density at radius 2 is 2.17 bits per heavy atom. The SMILES string of the molecule is CNC1CCC(C2CCCc3cccnc32)C1C. The van der Waals surface area contributed by atoms with Gasteiger partial charge in [0.2, 0.25) is 0 Å². The molecule has 1 heterocycles. The first-order chi connectivity index (χ1) is 8.81. The molecule has 0 aliphatic heterocycles. The Morgan fingerprint density at radius 3 is 2.94 bits per heavy atom. The molecular weight excluding hydrogens is 220 g/mol. The zero-order valence-corrected chi connectivity index (χ0v) is 11.5. The number of pyridine rings is 1. The van der Waals surface area contributed by atoms with E-state index in [0.717, 1.165) is 11.8 Å². The van der Waals surface area contributed by atoms with E-state index in [-0.39, 0.29) is 0 Å². The Bertz CT molecular complexity index is 415. The maximum Gasteiger partial charge on any atom is 0.0469 e. The van der Waals surface area contributed by atoms with Gasteiger partial charge in [-0.05, 0) is 62.6 Å². The van der Waals surface area contributed by atoms with E-state index in [2.05, 4.69) is 31.4 Å². The Morgan fingerprint density at radius 1 is 1.28 bits per heavy atom. The molecule has 0 amide bonds. The van der Waals surface area contributed by atoms with E-state index in [0.29, 0.717) is 12.0 Å². The smallest absolute Gasteiger partial charge is 0.0469 e. The molecule has 18 heavy (non-hydrogen) atoms. The lowest BCUT2D eigenvalue weighted by Crippen LogP contribution is -2.31.